The average molecular weight is 230 g/mol. The largest absolute Gasteiger partial charge is 0.463 e. The highest BCUT2D eigenvalue weighted by Gasteiger charge is 2.59. The first-order valence-electron chi connectivity index (χ1n) is 4.31. The second-order valence-electron chi connectivity index (χ2n) is 4.64. The van der Waals surface area contributed by atoms with Crippen LogP contribution in [0.25, 0.3) is 0 Å². The van der Waals surface area contributed by atoms with Gasteiger partial charge in [-0.15, -0.1) is 0 Å². The fourth-order valence-corrected chi connectivity index (χ4v) is 0.533. The Hall–Kier alpha value is -0.810. The molecule has 0 saturated carbocycles. The van der Waals surface area contributed by atoms with Gasteiger partial charge in [-0.05, 0) is 12.3 Å². The third-order valence-corrected chi connectivity index (χ3v) is 1.55. The van der Waals surface area contributed by atoms with Crippen LogP contribution in [0.5, 0.6) is 0 Å². The maximum atomic E-state index is 13.0. The van der Waals surface area contributed by atoms with E-state index in [0.717, 1.165) is 0 Å². The molecule has 0 amide bonds. The minimum atomic E-state index is -5.25. The highest BCUT2D eigenvalue weighted by atomic mass is 19.4. The van der Waals surface area contributed by atoms with Gasteiger partial charge in [0.2, 0.25) is 0 Å². The Morgan fingerprint density at radius 3 is 1.73 bits per heavy atom. The van der Waals surface area contributed by atoms with E-state index >= 15 is 0 Å². The van der Waals surface area contributed by atoms with Crippen LogP contribution in [0.3, 0.4) is 0 Å². The Kier molecular flexibility index (Phi) is 3.77. The summed E-state index contributed by atoms with van der Waals surface area (Å²) in [6.07, 6.45) is -5.25. The lowest BCUT2D eigenvalue weighted by atomic mass is 9.98. The van der Waals surface area contributed by atoms with Gasteiger partial charge in [-0.25, -0.2) is 9.18 Å². The first-order chi connectivity index (χ1) is 6.38. The molecule has 1 unspecified atom stereocenters. The van der Waals surface area contributed by atoms with Crippen LogP contribution in [0.2, 0.25) is 0 Å². The molecule has 0 rings (SSSR count). The van der Waals surface area contributed by atoms with E-state index in [2.05, 4.69) is 4.74 Å². The van der Waals surface area contributed by atoms with Gasteiger partial charge in [0, 0.05) is 0 Å². The zero-order chi connectivity index (χ0) is 12.5. The van der Waals surface area contributed by atoms with Gasteiger partial charge in [0.25, 0.3) is 5.67 Å². The summed E-state index contributed by atoms with van der Waals surface area (Å²) in [6.45, 7) is 4.86. The topological polar surface area (TPSA) is 26.3 Å². The Morgan fingerprint density at radius 1 is 1.07 bits per heavy atom. The number of esters is 1. The molecule has 0 aromatic heterocycles. The number of hydrogen-bond acceptors (Lipinski definition) is 2. The molecule has 0 aromatic carbocycles. The lowest BCUT2D eigenvalue weighted by Gasteiger charge is -2.24. The number of ether oxygens (including phenoxy) is 1. The summed E-state index contributed by atoms with van der Waals surface area (Å²) in [4.78, 5) is 10.8. The van der Waals surface area contributed by atoms with Gasteiger partial charge >= 0.3 is 12.1 Å². The van der Waals surface area contributed by atoms with Gasteiger partial charge in [-0.3, -0.25) is 0 Å². The number of rotatable bonds is 2. The minimum Gasteiger partial charge on any atom is -0.463 e. The molecular weight excluding hydrogens is 216 g/mol. The van der Waals surface area contributed by atoms with Crippen LogP contribution in [-0.4, -0.2) is 24.4 Å². The summed E-state index contributed by atoms with van der Waals surface area (Å²) >= 11 is 0. The van der Waals surface area contributed by atoms with Crippen LogP contribution >= 0.6 is 0 Å². The van der Waals surface area contributed by atoms with Crippen LogP contribution in [-0.2, 0) is 9.53 Å². The molecule has 15 heavy (non-hydrogen) atoms. The third kappa shape index (κ3) is 4.05. The molecule has 0 aliphatic rings. The normalized spacial score (nSPS) is 17.1. The quantitative estimate of drug-likeness (QED) is 0.538. The zero-order valence-electron chi connectivity index (χ0n) is 9.04. The highest BCUT2D eigenvalue weighted by molar-refractivity contribution is 5.80. The predicted octanol–water partition coefficient (Wildman–Crippen LogP) is 2.87. The summed E-state index contributed by atoms with van der Waals surface area (Å²) < 4.78 is 53.3. The van der Waals surface area contributed by atoms with E-state index in [4.69, 9.17) is 0 Å². The maximum Gasteiger partial charge on any atom is 0.433 e. The molecule has 0 aromatic rings. The number of hydrogen-bond donors (Lipinski definition) is 0. The molecule has 0 heterocycles. The minimum absolute atomic E-state index is 0.151. The summed E-state index contributed by atoms with van der Waals surface area (Å²) in [7, 11) is 0. The molecule has 0 aliphatic carbocycles. The number of alkyl halides is 4. The fourth-order valence-electron chi connectivity index (χ4n) is 0.533. The van der Waals surface area contributed by atoms with Crippen LogP contribution in [0.1, 0.15) is 27.7 Å². The van der Waals surface area contributed by atoms with Crippen molar-refractivity contribution in [2.45, 2.75) is 39.5 Å². The van der Waals surface area contributed by atoms with E-state index in [-0.39, 0.29) is 13.5 Å². The van der Waals surface area contributed by atoms with Crippen LogP contribution in [0.15, 0.2) is 0 Å². The first kappa shape index (κ1) is 14.2. The van der Waals surface area contributed by atoms with Crippen molar-refractivity contribution in [1.82, 2.24) is 0 Å². The monoisotopic (exact) mass is 230 g/mol. The maximum absolute atomic E-state index is 13.0. The third-order valence-electron chi connectivity index (χ3n) is 1.55. The van der Waals surface area contributed by atoms with Crippen molar-refractivity contribution in [2.24, 2.45) is 5.41 Å². The van der Waals surface area contributed by atoms with E-state index in [0.29, 0.717) is 0 Å². The van der Waals surface area contributed by atoms with E-state index < -0.39 is 23.2 Å². The average Bonchev–Trinajstić information content (AvgIpc) is 1.96. The zero-order valence-corrected chi connectivity index (χ0v) is 9.04. The van der Waals surface area contributed by atoms with Crippen molar-refractivity contribution in [3.8, 4) is 0 Å². The molecule has 0 bridgehead atoms. The molecule has 0 radical (unpaired) electrons. The Labute approximate surface area is 85.6 Å². The molecular formula is C9H14F4O2. The Bertz CT molecular complexity index is 237. The molecule has 0 spiro atoms. The summed E-state index contributed by atoms with van der Waals surface area (Å²) in [5.74, 6) is -1.90. The van der Waals surface area contributed by atoms with Crippen molar-refractivity contribution < 1.29 is 27.1 Å². The second-order valence-corrected chi connectivity index (χ2v) is 4.64. The van der Waals surface area contributed by atoms with Gasteiger partial charge in [-0.2, -0.15) is 13.2 Å². The summed E-state index contributed by atoms with van der Waals surface area (Å²) in [6, 6.07) is 0. The van der Waals surface area contributed by atoms with Gasteiger partial charge in [0.1, 0.15) is 0 Å². The molecule has 0 saturated heterocycles. The molecule has 90 valence electrons. The lowest BCUT2D eigenvalue weighted by Crippen LogP contribution is -2.47. The van der Waals surface area contributed by atoms with Crippen molar-refractivity contribution in [1.29, 1.82) is 0 Å². The summed E-state index contributed by atoms with van der Waals surface area (Å²) in [5.41, 5.74) is -4.45. The first-order valence-corrected chi connectivity index (χ1v) is 4.31. The SMILES string of the molecule is CC(C)(C)COC(=O)C(C)(F)C(F)(F)F. The van der Waals surface area contributed by atoms with Crippen molar-refractivity contribution in [2.75, 3.05) is 6.61 Å². The standard InChI is InChI=1S/C9H14F4O2/c1-7(2,3)5-15-6(14)8(4,10)9(11,12)13/h5H2,1-4H3. The highest BCUT2D eigenvalue weighted by Crippen LogP contribution is 2.34. The van der Waals surface area contributed by atoms with Gasteiger partial charge in [0.15, 0.2) is 0 Å². The Morgan fingerprint density at radius 2 is 1.47 bits per heavy atom. The molecule has 0 fully saturated rings. The van der Waals surface area contributed by atoms with Crippen LogP contribution in [0.4, 0.5) is 17.6 Å². The predicted molar refractivity (Wildman–Crippen MR) is 46.0 cm³/mol. The number of halogens is 4. The molecule has 1 atom stereocenters. The van der Waals surface area contributed by atoms with Crippen molar-refractivity contribution >= 4 is 5.97 Å². The number of carbonyl (C=O) groups is 1. The Balaban J connectivity index is 4.47. The fraction of sp³-hybridized carbons (Fsp3) is 0.889. The van der Waals surface area contributed by atoms with Gasteiger partial charge < -0.3 is 4.74 Å². The lowest BCUT2D eigenvalue weighted by molar-refractivity contribution is -0.234. The van der Waals surface area contributed by atoms with E-state index in [1.54, 1.807) is 20.8 Å². The molecule has 0 aliphatic heterocycles. The molecule has 2 nitrogen and oxygen atoms in total. The second kappa shape index (κ2) is 3.98. The van der Waals surface area contributed by atoms with E-state index in [9.17, 15) is 22.4 Å². The van der Waals surface area contributed by atoms with E-state index in [1.807, 2.05) is 0 Å². The number of carbonyl (C=O) groups excluding carboxylic acids is 1. The smallest absolute Gasteiger partial charge is 0.433 e. The van der Waals surface area contributed by atoms with Crippen molar-refractivity contribution in [3.63, 3.8) is 0 Å². The van der Waals surface area contributed by atoms with Crippen molar-refractivity contribution in [3.05, 3.63) is 0 Å². The van der Waals surface area contributed by atoms with Gasteiger partial charge in [-0.1, -0.05) is 20.8 Å². The van der Waals surface area contributed by atoms with Crippen LogP contribution in [0, 0.1) is 5.41 Å². The molecule has 6 heteroatoms. The summed E-state index contributed by atoms with van der Waals surface area (Å²) in [5, 5.41) is 0. The van der Waals surface area contributed by atoms with Gasteiger partial charge in [0.05, 0.1) is 6.61 Å². The van der Waals surface area contributed by atoms with E-state index in [1.165, 1.54) is 0 Å². The van der Waals surface area contributed by atoms with Crippen LogP contribution < -0.4 is 0 Å². The molecule has 0 N–H and O–H groups in total.